The molecule has 0 spiro atoms. The van der Waals surface area contributed by atoms with E-state index in [0.717, 1.165) is 22.6 Å². The predicted octanol–water partition coefficient (Wildman–Crippen LogP) is 3.79. The lowest BCUT2D eigenvalue weighted by Crippen LogP contribution is -2.44. The molecule has 3 rings (SSSR count). The highest BCUT2D eigenvalue weighted by Gasteiger charge is 2.25. The first-order chi connectivity index (χ1) is 14.5. The second kappa shape index (κ2) is 11.7. The Balaban J connectivity index is 0.00000341. The number of aliphatic hydroxyl groups is 1. The number of aromatic nitrogens is 2. The Morgan fingerprint density at radius 1 is 1.13 bits per heavy atom. The zero-order valence-corrected chi connectivity index (χ0v) is 20.4. The highest BCUT2D eigenvalue weighted by Crippen LogP contribution is 2.25. The number of hydrogen-bond donors (Lipinski definition) is 3. The van der Waals surface area contributed by atoms with E-state index < -0.39 is 5.60 Å². The van der Waals surface area contributed by atoms with E-state index >= 15 is 0 Å². The largest absolute Gasteiger partial charge is 0.457 e. The van der Waals surface area contributed by atoms with Crippen LogP contribution in [0.1, 0.15) is 25.0 Å². The van der Waals surface area contributed by atoms with E-state index in [1.165, 1.54) is 0 Å². The van der Waals surface area contributed by atoms with Crippen molar-refractivity contribution in [2.45, 2.75) is 26.0 Å². The van der Waals surface area contributed by atoms with Gasteiger partial charge in [0.1, 0.15) is 17.1 Å². The smallest absolute Gasteiger partial charge is 0.191 e. The number of halogens is 1. The van der Waals surface area contributed by atoms with E-state index in [2.05, 4.69) is 20.7 Å². The second-order valence-electron chi connectivity index (χ2n) is 7.25. The molecule has 0 saturated heterocycles. The molecule has 0 aliphatic rings. The number of guanidine groups is 1. The Morgan fingerprint density at radius 3 is 2.52 bits per heavy atom. The van der Waals surface area contributed by atoms with Gasteiger partial charge in [0.15, 0.2) is 5.96 Å². The van der Waals surface area contributed by atoms with Crippen LogP contribution in [0.5, 0.6) is 11.5 Å². The molecule has 0 saturated carbocycles. The molecule has 1 atom stereocenters. The summed E-state index contributed by atoms with van der Waals surface area (Å²) < 4.78 is 7.69. The number of aliphatic imine (C=N–C) groups is 1. The van der Waals surface area contributed by atoms with E-state index in [9.17, 15) is 5.11 Å². The quantitative estimate of drug-likeness (QED) is 0.232. The van der Waals surface area contributed by atoms with Gasteiger partial charge in [0.25, 0.3) is 0 Å². The van der Waals surface area contributed by atoms with Crippen molar-refractivity contribution in [1.82, 2.24) is 20.4 Å². The van der Waals surface area contributed by atoms with Crippen LogP contribution >= 0.6 is 24.0 Å². The first kappa shape index (κ1) is 24.7. The van der Waals surface area contributed by atoms with Gasteiger partial charge in [-0.3, -0.25) is 4.68 Å². The van der Waals surface area contributed by atoms with Crippen LogP contribution < -0.4 is 15.4 Å². The minimum absolute atomic E-state index is 0. The van der Waals surface area contributed by atoms with Gasteiger partial charge in [-0.1, -0.05) is 36.4 Å². The average Bonchev–Trinajstić information content (AvgIpc) is 3.19. The Labute approximate surface area is 200 Å². The Hall–Kier alpha value is -2.59. The monoisotopic (exact) mass is 535 g/mol. The van der Waals surface area contributed by atoms with Crippen molar-refractivity contribution in [2.24, 2.45) is 12.0 Å². The van der Waals surface area contributed by atoms with Gasteiger partial charge in [0, 0.05) is 30.9 Å². The maximum absolute atomic E-state index is 10.8. The normalized spacial score (nSPS) is 13.1. The van der Waals surface area contributed by atoms with Crippen molar-refractivity contribution in [2.75, 3.05) is 13.1 Å². The summed E-state index contributed by atoms with van der Waals surface area (Å²) >= 11 is 0. The molecule has 0 radical (unpaired) electrons. The van der Waals surface area contributed by atoms with Crippen molar-refractivity contribution in [3.8, 4) is 11.5 Å². The van der Waals surface area contributed by atoms with Crippen LogP contribution in [0.3, 0.4) is 0 Å². The van der Waals surface area contributed by atoms with Crippen LogP contribution in [-0.4, -0.2) is 33.9 Å². The molecule has 31 heavy (non-hydrogen) atoms. The third-order valence-electron chi connectivity index (χ3n) is 4.62. The summed E-state index contributed by atoms with van der Waals surface area (Å²) in [6.45, 7) is 5.20. The van der Waals surface area contributed by atoms with Crippen molar-refractivity contribution in [3.63, 3.8) is 0 Å². The second-order valence-corrected chi connectivity index (χ2v) is 7.25. The topological polar surface area (TPSA) is 83.7 Å². The van der Waals surface area contributed by atoms with Gasteiger partial charge >= 0.3 is 0 Å². The standard InChI is InChI=1S/C23H29N5O2.HI/c1-4-24-22(26-17-23(2,29)19-15-27-28(3)16-19)25-14-18-10-8-9-13-21(18)30-20-11-6-5-7-12-20;/h5-13,15-16,29H,4,14,17H2,1-3H3,(H2,24,25,26);1H. The van der Waals surface area contributed by atoms with Gasteiger partial charge in [-0.05, 0) is 32.0 Å². The zero-order valence-electron chi connectivity index (χ0n) is 18.1. The van der Waals surface area contributed by atoms with Gasteiger partial charge in [0.2, 0.25) is 0 Å². The molecule has 0 aliphatic heterocycles. The maximum atomic E-state index is 10.8. The van der Waals surface area contributed by atoms with Crippen molar-refractivity contribution < 1.29 is 9.84 Å². The molecule has 3 N–H and O–H groups in total. The summed E-state index contributed by atoms with van der Waals surface area (Å²) in [5.41, 5.74) is 0.645. The lowest BCUT2D eigenvalue weighted by Gasteiger charge is -2.23. The lowest BCUT2D eigenvalue weighted by molar-refractivity contribution is 0.0616. The highest BCUT2D eigenvalue weighted by atomic mass is 127. The SMILES string of the molecule is CCNC(=NCc1ccccc1Oc1ccccc1)NCC(C)(O)c1cnn(C)c1.I. The fourth-order valence-electron chi connectivity index (χ4n) is 2.91. The van der Waals surface area contributed by atoms with Gasteiger partial charge in [-0.2, -0.15) is 5.10 Å². The molecule has 1 heterocycles. The highest BCUT2D eigenvalue weighted by molar-refractivity contribution is 14.0. The van der Waals surface area contributed by atoms with Crippen LogP contribution in [0.15, 0.2) is 72.0 Å². The molecule has 1 unspecified atom stereocenters. The molecule has 166 valence electrons. The third-order valence-corrected chi connectivity index (χ3v) is 4.62. The zero-order chi connectivity index (χ0) is 21.4. The first-order valence-electron chi connectivity index (χ1n) is 10.0. The number of hydrogen-bond acceptors (Lipinski definition) is 4. The van der Waals surface area contributed by atoms with E-state index in [1.54, 1.807) is 17.8 Å². The predicted molar refractivity (Wildman–Crippen MR) is 134 cm³/mol. The molecule has 1 aromatic heterocycles. The Kier molecular flexibility index (Phi) is 9.32. The Bertz CT molecular complexity index is 973. The van der Waals surface area contributed by atoms with Crippen LogP contribution in [0.25, 0.3) is 0 Å². The number of nitrogens with one attached hydrogen (secondary N) is 2. The van der Waals surface area contributed by atoms with Crippen LogP contribution in [-0.2, 0) is 19.2 Å². The number of ether oxygens (including phenoxy) is 1. The van der Waals surface area contributed by atoms with E-state index in [1.807, 2.05) is 74.8 Å². The molecule has 7 nitrogen and oxygen atoms in total. The molecule has 0 amide bonds. The van der Waals surface area contributed by atoms with E-state index in [4.69, 9.17) is 4.74 Å². The fourth-order valence-corrected chi connectivity index (χ4v) is 2.91. The number of benzene rings is 2. The molecule has 0 fully saturated rings. The molecule has 0 bridgehead atoms. The number of para-hydroxylation sites is 2. The molecule has 3 aromatic rings. The summed E-state index contributed by atoms with van der Waals surface area (Å²) in [5.74, 6) is 2.17. The average molecular weight is 535 g/mol. The van der Waals surface area contributed by atoms with E-state index in [-0.39, 0.29) is 24.0 Å². The van der Waals surface area contributed by atoms with Crippen LogP contribution in [0.2, 0.25) is 0 Å². The van der Waals surface area contributed by atoms with Gasteiger partial charge in [-0.15, -0.1) is 24.0 Å². The molecule has 8 heteroatoms. The maximum Gasteiger partial charge on any atom is 0.191 e. The van der Waals surface area contributed by atoms with Crippen molar-refractivity contribution in [3.05, 3.63) is 78.1 Å². The summed E-state index contributed by atoms with van der Waals surface area (Å²) in [7, 11) is 1.83. The first-order valence-corrected chi connectivity index (χ1v) is 10.0. The van der Waals surface area contributed by atoms with Gasteiger partial charge in [0.05, 0.1) is 19.3 Å². The number of rotatable bonds is 8. The Morgan fingerprint density at radius 2 is 1.84 bits per heavy atom. The van der Waals surface area contributed by atoms with Gasteiger partial charge < -0.3 is 20.5 Å². The molecule has 0 aliphatic carbocycles. The molecule has 2 aromatic carbocycles. The number of aryl methyl sites for hydroxylation is 1. The lowest BCUT2D eigenvalue weighted by atomic mass is 10.00. The van der Waals surface area contributed by atoms with Crippen LogP contribution in [0.4, 0.5) is 0 Å². The summed E-state index contributed by atoms with van der Waals surface area (Å²) in [4.78, 5) is 4.67. The van der Waals surface area contributed by atoms with Crippen molar-refractivity contribution in [1.29, 1.82) is 0 Å². The summed E-state index contributed by atoms with van der Waals surface area (Å²) in [5, 5.41) is 21.4. The number of nitrogens with zero attached hydrogens (tertiary/aromatic N) is 3. The minimum Gasteiger partial charge on any atom is -0.457 e. The van der Waals surface area contributed by atoms with Crippen LogP contribution in [0, 0.1) is 0 Å². The van der Waals surface area contributed by atoms with E-state index in [0.29, 0.717) is 25.6 Å². The van der Waals surface area contributed by atoms with Crippen molar-refractivity contribution >= 4 is 29.9 Å². The van der Waals surface area contributed by atoms with Gasteiger partial charge in [-0.25, -0.2) is 4.99 Å². The molecular weight excluding hydrogens is 505 g/mol. The fraction of sp³-hybridized carbons (Fsp3) is 0.304. The third kappa shape index (κ3) is 7.25. The minimum atomic E-state index is -1.07. The summed E-state index contributed by atoms with van der Waals surface area (Å²) in [6, 6.07) is 17.5. The molecular formula is C23H30IN5O2. The summed E-state index contributed by atoms with van der Waals surface area (Å²) in [6.07, 6.45) is 3.48.